The maximum Gasteiger partial charge on any atom is 0.239 e. The molecule has 3 aromatic rings. The average Bonchev–Trinajstić information content (AvgIpc) is 3.28. The van der Waals surface area contributed by atoms with Gasteiger partial charge in [-0.2, -0.15) is 0 Å². The van der Waals surface area contributed by atoms with Gasteiger partial charge in [0.2, 0.25) is 11.7 Å². The van der Waals surface area contributed by atoms with Gasteiger partial charge < -0.3 is 34.2 Å². The molecule has 0 bridgehead atoms. The van der Waals surface area contributed by atoms with Crippen LogP contribution in [0.1, 0.15) is 134 Å². The van der Waals surface area contributed by atoms with E-state index >= 15 is 0 Å². The molecule has 1 amide bonds. The summed E-state index contributed by atoms with van der Waals surface area (Å²) >= 11 is 0. The van der Waals surface area contributed by atoms with Crippen molar-refractivity contribution in [3.8, 4) is 17.2 Å². The van der Waals surface area contributed by atoms with Gasteiger partial charge >= 0.3 is 0 Å². The van der Waals surface area contributed by atoms with Crippen molar-refractivity contribution in [3.05, 3.63) is 90.5 Å². The molecular formula is C52H72N2O7. The maximum absolute atomic E-state index is 14.3. The molecule has 2 aliphatic carbocycles. The van der Waals surface area contributed by atoms with Crippen LogP contribution in [0.25, 0.3) is 10.8 Å². The molecule has 6 rings (SSSR count). The quantitative estimate of drug-likeness (QED) is 0.0471. The van der Waals surface area contributed by atoms with Crippen LogP contribution in [0, 0.1) is 17.8 Å². The molecule has 9 nitrogen and oxygen atoms in total. The van der Waals surface area contributed by atoms with E-state index < -0.39 is 11.8 Å². The lowest BCUT2D eigenvalue weighted by Gasteiger charge is -2.59. The number of ether oxygens (including phenoxy) is 3. The summed E-state index contributed by atoms with van der Waals surface area (Å²) in [5.41, 5.74) is 2.89. The zero-order chi connectivity index (χ0) is 43.0. The van der Waals surface area contributed by atoms with Crippen LogP contribution in [0.5, 0.6) is 17.2 Å². The molecule has 6 unspecified atom stereocenters. The number of amides is 1. The summed E-state index contributed by atoms with van der Waals surface area (Å²) in [6.45, 7) is 9.17. The number of benzene rings is 3. The SMILES string of the molecule is C=CCOC12Oc3ccc(Oc4ccc5ccccc5c4)cc3C3C(CCCCO)C(CCCCO)C=C(C(=NOCC)CC1N(C)C(=O)CCCCCCCCCCC)C32. The highest BCUT2D eigenvalue weighted by molar-refractivity contribution is 6.03. The number of allylic oxidation sites excluding steroid dienone is 1. The van der Waals surface area contributed by atoms with Gasteiger partial charge in [0.15, 0.2) is 0 Å². The van der Waals surface area contributed by atoms with Crippen LogP contribution >= 0.6 is 0 Å². The minimum absolute atomic E-state index is 0.0694. The second kappa shape index (κ2) is 23.3. The summed E-state index contributed by atoms with van der Waals surface area (Å²) in [7, 11) is 1.90. The van der Waals surface area contributed by atoms with Gasteiger partial charge in [-0.05, 0) is 97.5 Å². The summed E-state index contributed by atoms with van der Waals surface area (Å²) < 4.78 is 21.0. The molecule has 1 fully saturated rings. The predicted molar refractivity (Wildman–Crippen MR) is 245 cm³/mol. The molecule has 332 valence electrons. The van der Waals surface area contributed by atoms with Gasteiger partial charge in [-0.15, -0.1) is 6.58 Å². The number of hydrogen-bond acceptors (Lipinski definition) is 8. The van der Waals surface area contributed by atoms with Gasteiger partial charge in [0.05, 0.1) is 18.2 Å². The third-order valence-electron chi connectivity index (χ3n) is 13.3. The van der Waals surface area contributed by atoms with E-state index in [0.29, 0.717) is 37.4 Å². The van der Waals surface area contributed by atoms with Crippen molar-refractivity contribution in [3.63, 3.8) is 0 Å². The van der Waals surface area contributed by atoms with Crippen LogP contribution in [-0.2, 0) is 14.4 Å². The van der Waals surface area contributed by atoms with Crippen molar-refractivity contribution >= 4 is 22.4 Å². The second-order valence-corrected chi connectivity index (χ2v) is 17.4. The third-order valence-corrected chi connectivity index (χ3v) is 13.3. The number of unbranched alkanes of at least 4 members (excludes halogenated alkanes) is 10. The Morgan fingerprint density at radius 3 is 2.28 bits per heavy atom. The molecule has 6 atom stereocenters. The first kappa shape index (κ1) is 46.3. The third kappa shape index (κ3) is 11.3. The molecule has 0 aromatic heterocycles. The Hall–Kier alpha value is -4.18. The molecule has 1 heterocycles. The second-order valence-electron chi connectivity index (χ2n) is 17.4. The number of carbonyl (C=O) groups is 1. The number of nitrogens with zero attached hydrogens (tertiary/aromatic N) is 2. The minimum atomic E-state index is -1.25. The van der Waals surface area contributed by atoms with E-state index in [1.807, 2.05) is 49.2 Å². The number of hydrogen-bond donors (Lipinski definition) is 2. The molecule has 3 aliphatic rings. The summed E-state index contributed by atoms with van der Waals surface area (Å²) in [4.78, 5) is 22.1. The van der Waals surface area contributed by atoms with Crippen molar-refractivity contribution in [2.75, 3.05) is 33.5 Å². The maximum atomic E-state index is 14.3. The molecule has 1 aliphatic heterocycles. The molecule has 9 heteroatoms. The lowest BCUT2D eigenvalue weighted by molar-refractivity contribution is -0.255. The summed E-state index contributed by atoms with van der Waals surface area (Å²) in [6, 6.07) is 20.0. The molecule has 1 saturated carbocycles. The number of carbonyl (C=O) groups excluding carboxylic acids is 1. The number of aliphatic hydroxyl groups is 2. The van der Waals surface area contributed by atoms with Gasteiger partial charge in [0.25, 0.3) is 0 Å². The van der Waals surface area contributed by atoms with Gasteiger partial charge in [0.1, 0.15) is 29.9 Å². The monoisotopic (exact) mass is 837 g/mol. The first-order chi connectivity index (χ1) is 29.9. The molecule has 3 aromatic carbocycles. The molecular weight excluding hydrogens is 765 g/mol. The lowest BCUT2D eigenvalue weighted by atomic mass is 9.55. The number of rotatable bonds is 26. The van der Waals surface area contributed by atoms with Crippen LogP contribution in [-0.4, -0.2) is 72.0 Å². The highest BCUT2D eigenvalue weighted by Crippen LogP contribution is 2.62. The first-order valence-corrected chi connectivity index (χ1v) is 23.5. The average molecular weight is 837 g/mol. The van der Waals surface area contributed by atoms with Crippen LogP contribution in [0.2, 0.25) is 0 Å². The van der Waals surface area contributed by atoms with Crippen LogP contribution < -0.4 is 9.47 Å². The fourth-order valence-corrected chi connectivity index (χ4v) is 10.2. The normalized spacial score (nSPS) is 23.5. The van der Waals surface area contributed by atoms with Crippen molar-refractivity contribution < 1.29 is 34.1 Å². The van der Waals surface area contributed by atoms with E-state index in [4.69, 9.17) is 24.2 Å². The van der Waals surface area contributed by atoms with Crippen LogP contribution in [0.15, 0.2) is 90.1 Å². The zero-order valence-electron chi connectivity index (χ0n) is 37.2. The number of fused-ring (bicyclic) bond motifs is 3. The van der Waals surface area contributed by atoms with E-state index in [1.54, 1.807) is 6.08 Å². The number of oxime groups is 1. The van der Waals surface area contributed by atoms with Gasteiger partial charge in [-0.1, -0.05) is 119 Å². The Morgan fingerprint density at radius 1 is 0.869 bits per heavy atom. The molecule has 0 radical (unpaired) electrons. The van der Waals surface area contributed by atoms with E-state index in [2.05, 4.69) is 49.9 Å². The fourth-order valence-electron chi connectivity index (χ4n) is 10.2. The van der Waals surface area contributed by atoms with Crippen LogP contribution in [0.4, 0.5) is 0 Å². The Bertz CT molecular complexity index is 1930. The lowest BCUT2D eigenvalue weighted by Crippen LogP contribution is -2.69. The van der Waals surface area contributed by atoms with E-state index in [9.17, 15) is 15.0 Å². The topological polar surface area (TPSA) is 110 Å². The van der Waals surface area contributed by atoms with Gasteiger partial charge in [-0.3, -0.25) is 4.79 Å². The Kier molecular flexibility index (Phi) is 17.7. The zero-order valence-corrected chi connectivity index (χ0v) is 37.2. The standard InChI is InChI=1S/C52H72N2O7/c1-5-8-9-10-11-12-13-14-15-26-49(57)54(4)48-37-46(53-59-7-3)44-35-40(24-18-20-31-55)43(25-19-21-32-56)50-45-36-42(60-41-28-27-38-22-16-17-23-39(38)34-41)29-30-47(45)61-52(48,51(44)50)58-33-6-2/h6,16-17,22-23,27-30,34-36,40,43,48,50-51,55-56H,2,5,7-15,18-21,24-26,31-33,37H2,1,3-4H3. The van der Waals surface area contributed by atoms with Crippen molar-refractivity contribution in [2.24, 2.45) is 22.9 Å². The summed E-state index contributed by atoms with van der Waals surface area (Å²) in [5.74, 6) is 0.838. The molecule has 2 N–H and O–H groups in total. The van der Waals surface area contributed by atoms with E-state index in [-0.39, 0.29) is 49.4 Å². The molecule has 61 heavy (non-hydrogen) atoms. The predicted octanol–water partition coefficient (Wildman–Crippen LogP) is 11.7. The Morgan fingerprint density at radius 2 is 1.56 bits per heavy atom. The summed E-state index contributed by atoms with van der Waals surface area (Å²) in [5, 5.41) is 26.9. The van der Waals surface area contributed by atoms with Crippen molar-refractivity contribution in [2.45, 2.75) is 141 Å². The number of aliphatic hydroxyl groups excluding tert-OH is 2. The van der Waals surface area contributed by atoms with Crippen LogP contribution in [0.3, 0.4) is 0 Å². The summed E-state index contributed by atoms with van der Waals surface area (Å²) in [6.07, 6.45) is 20.6. The smallest absolute Gasteiger partial charge is 0.239 e. The van der Waals surface area contributed by atoms with Gasteiger partial charge in [-0.25, -0.2) is 0 Å². The van der Waals surface area contributed by atoms with Gasteiger partial charge in [0, 0.05) is 44.6 Å². The van der Waals surface area contributed by atoms with E-state index in [0.717, 1.165) is 84.7 Å². The highest BCUT2D eigenvalue weighted by Gasteiger charge is 2.65. The molecule has 0 saturated heterocycles. The highest BCUT2D eigenvalue weighted by atomic mass is 16.7. The fraction of sp³-hybridized carbons (Fsp3) is 0.577. The minimum Gasteiger partial charge on any atom is -0.459 e. The molecule has 0 spiro atoms. The number of likely N-dealkylation sites (N-methyl/N-ethyl adjacent to an activating group) is 1. The Balaban J connectivity index is 1.41. The van der Waals surface area contributed by atoms with Crippen molar-refractivity contribution in [1.82, 2.24) is 4.90 Å². The van der Waals surface area contributed by atoms with Crippen molar-refractivity contribution in [1.29, 1.82) is 0 Å². The first-order valence-electron chi connectivity index (χ1n) is 23.5. The largest absolute Gasteiger partial charge is 0.459 e. The Labute approximate surface area is 365 Å². The van der Waals surface area contributed by atoms with E-state index in [1.165, 1.54) is 38.5 Å².